The van der Waals surface area contributed by atoms with E-state index in [1.54, 1.807) is 14.2 Å². The fourth-order valence-corrected chi connectivity index (χ4v) is 3.95. The molecule has 4 aromatic rings. The summed E-state index contributed by atoms with van der Waals surface area (Å²) in [4.78, 5) is 18.2. The Morgan fingerprint density at radius 2 is 1.66 bits per heavy atom. The van der Waals surface area contributed by atoms with Crippen LogP contribution in [-0.4, -0.2) is 25.1 Å². The molecule has 0 aliphatic carbocycles. The topological polar surface area (TPSA) is 60.5 Å². The van der Waals surface area contributed by atoms with Crippen molar-refractivity contribution in [3.05, 3.63) is 88.4 Å². The predicted octanol–water partition coefficient (Wildman–Crippen LogP) is 6.17. The van der Waals surface area contributed by atoms with Crippen LogP contribution in [0.1, 0.15) is 28.9 Å². The van der Waals surface area contributed by atoms with Crippen molar-refractivity contribution in [3.63, 3.8) is 0 Å². The molecule has 0 unspecified atom stereocenters. The number of halogens is 1. The molecule has 5 nitrogen and oxygen atoms in total. The monoisotopic (exact) mass is 490 g/mol. The summed E-state index contributed by atoms with van der Waals surface area (Å²) < 4.78 is 11.6. The van der Waals surface area contributed by atoms with Gasteiger partial charge in [-0.1, -0.05) is 40.2 Å². The van der Waals surface area contributed by atoms with Crippen LogP contribution < -0.4 is 14.8 Å². The van der Waals surface area contributed by atoms with Crippen molar-refractivity contribution in [1.82, 2.24) is 10.3 Å². The van der Waals surface area contributed by atoms with E-state index in [9.17, 15) is 4.79 Å². The zero-order valence-electron chi connectivity index (χ0n) is 18.1. The third-order valence-electron chi connectivity index (χ3n) is 5.32. The highest BCUT2D eigenvalue weighted by molar-refractivity contribution is 9.10. The zero-order valence-corrected chi connectivity index (χ0v) is 19.6. The van der Waals surface area contributed by atoms with Crippen LogP contribution >= 0.6 is 15.9 Å². The second-order valence-electron chi connectivity index (χ2n) is 7.42. The van der Waals surface area contributed by atoms with Gasteiger partial charge >= 0.3 is 0 Å². The summed E-state index contributed by atoms with van der Waals surface area (Å²) in [5, 5.41) is 3.89. The number of amides is 1. The molecular weight excluding hydrogens is 468 g/mol. The highest BCUT2D eigenvalue weighted by Crippen LogP contribution is 2.29. The highest BCUT2D eigenvalue weighted by atomic mass is 79.9. The van der Waals surface area contributed by atoms with E-state index < -0.39 is 0 Å². The Morgan fingerprint density at radius 3 is 2.41 bits per heavy atom. The van der Waals surface area contributed by atoms with Gasteiger partial charge in [-0.25, -0.2) is 4.98 Å². The van der Waals surface area contributed by atoms with Crippen molar-refractivity contribution in [2.75, 3.05) is 14.2 Å². The Bertz CT molecular complexity index is 1290. The standard InChI is InChI=1S/C26H23BrN2O3/c1-16(17-6-4-8-20(12-17)31-2)28-26(30)23-15-25(18-7-5-9-21(13-18)32-3)29-24-11-10-19(27)14-22(23)24/h4-16H,1-3H3,(H,28,30)/t16-/m1/s1. The summed E-state index contributed by atoms with van der Waals surface area (Å²) in [5.74, 6) is 1.31. The summed E-state index contributed by atoms with van der Waals surface area (Å²) in [6, 6.07) is 22.7. The number of nitrogens with one attached hydrogen (secondary N) is 1. The number of fused-ring (bicyclic) bond motifs is 1. The van der Waals surface area contributed by atoms with E-state index in [1.165, 1.54) is 0 Å². The first kappa shape index (κ1) is 21.8. The molecule has 162 valence electrons. The Kier molecular flexibility index (Phi) is 6.42. The molecule has 6 heteroatoms. The first-order valence-electron chi connectivity index (χ1n) is 10.2. The summed E-state index contributed by atoms with van der Waals surface area (Å²) in [7, 11) is 3.26. The minimum atomic E-state index is -0.201. The Balaban J connectivity index is 1.75. The maximum absolute atomic E-state index is 13.4. The number of rotatable bonds is 6. The van der Waals surface area contributed by atoms with Crippen molar-refractivity contribution >= 4 is 32.7 Å². The second-order valence-corrected chi connectivity index (χ2v) is 8.34. The molecule has 0 fully saturated rings. The smallest absolute Gasteiger partial charge is 0.252 e. The molecule has 32 heavy (non-hydrogen) atoms. The highest BCUT2D eigenvalue weighted by Gasteiger charge is 2.17. The molecule has 1 atom stereocenters. The maximum Gasteiger partial charge on any atom is 0.252 e. The normalized spacial score (nSPS) is 11.8. The van der Waals surface area contributed by atoms with Crippen molar-refractivity contribution in [3.8, 4) is 22.8 Å². The first-order valence-corrected chi connectivity index (χ1v) is 11.0. The van der Waals surface area contributed by atoms with Crippen LogP contribution in [0.4, 0.5) is 0 Å². The number of ether oxygens (including phenoxy) is 2. The molecule has 0 radical (unpaired) electrons. The lowest BCUT2D eigenvalue weighted by Crippen LogP contribution is -2.27. The van der Waals surface area contributed by atoms with Crippen LogP contribution in [0.2, 0.25) is 0 Å². The molecule has 3 aromatic carbocycles. The zero-order chi connectivity index (χ0) is 22.7. The maximum atomic E-state index is 13.4. The molecule has 0 saturated heterocycles. The van der Waals surface area contributed by atoms with Crippen molar-refractivity contribution in [2.45, 2.75) is 13.0 Å². The molecule has 1 N–H and O–H groups in total. The largest absolute Gasteiger partial charge is 0.497 e. The van der Waals surface area contributed by atoms with Gasteiger partial charge in [-0.05, 0) is 61.0 Å². The Hall–Kier alpha value is -3.38. The quantitative estimate of drug-likeness (QED) is 0.350. The lowest BCUT2D eigenvalue weighted by molar-refractivity contribution is 0.0941. The molecule has 1 heterocycles. The third kappa shape index (κ3) is 4.60. The van der Waals surface area contributed by atoms with Crippen LogP contribution in [0.25, 0.3) is 22.2 Å². The molecule has 0 aliphatic rings. The summed E-state index contributed by atoms with van der Waals surface area (Å²) in [6.45, 7) is 1.95. The fourth-order valence-electron chi connectivity index (χ4n) is 3.58. The van der Waals surface area contributed by atoms with Gasteiger partial charge in [-0.2, -0.15) is 0 Å². The number of benzene rings is 3. The van der Waals surface area contributed by atoms with Gasteiger partial charge in [-0.3, -0.25) is 4.79 Å². The number of carbonyl (C=O) groups is 1. The number of methoxy groups -OCH3 is 2. The second kappa shape index (κ2) is 9.40. The molecule has 0 bridgehead atoms. The van der Waals surface area contributed by atoms with Gasteiger partial charge in [0.15, 0.2) is 0 Å². The van der Waals surface area contributed by atoms with E-state index in [-0.39, 0.29) is 11.9 Å². The molecule has 1 aromatic heterocycles. The van der Waals surface area contributed by atoms with Gasteiger partial charge in [0.1, 0.15) is 11.5 Å². The molecule has 0 spiro atoms. The number of pyridine rings is 1. The van der Waals surface area contributed by atoms with Gasteiger partial charge < -0.3 is 14.8 Å². The number of carbonyl (C=O) groups excluding carboxylic acids is 1. The minimum absolute atomic E-state index is 0.171. The molecular formula is C26H23BrN2O3. The lowest BCUT2D eigenvalue weighted by atomic mass is 10.0. The fraction of sp³-hybridized carbons (Fsp3) is 0.154. The van der Waals surface area contributed by atoms with Crippen LogP contribution in [0.15, 0.2) is 77.3 Å². The lowest BCUT2D eigenvalue weighted by Gasteiger charge is -2.17. The van der Waals surface area contributed by atoms with Crippen molar-refractivity contribution in [1.29, 1.82) is 0 Å². The summed E-state index contributed by atoms with van der Waals surface area (Å²) >= 11 is 3.51. The third-order valence-corrected chi connectivity index (χ3v) is 5.82. The Labute approximate surface area is 195 Å². The number of aromatic nitrogens is 1. The summed E-state index contributed by atoms with van der Waals surface area (Å²) in [5.41, 5.74) is 3.85. The average Bonchev–Trinajstić information content (AvgIpc) is 2.83. The van der Waals surface area contributed by atoms with E-state index >= 15 is 0 Å². The average molecular weight is 491 g/mol. The minimum Gasteiger partial charge on any atom is -0.497 e. The van der Waals surface area contributed by atoms with E-state index in [0.29, 0.717) is 11.3 Å². The molecule has 0 saturated carbocycles. The predicted molar refractivity (Wildman–Crippen MR) is 130 cm³/mol. The summed E-state index contributed by atoms with van der Waals surface area (Å²) in [6.07, 6.45) is 0. The Morgan fingerprint density at radius 1 is 0.938 bits per heavy atom. The SMILES string of the molecule is COc1cccc(-c2cc(C(=O)N[C@H](C)c3cccc(OC)c3)c3cc(Br)ccc3n2)c1. The van der Waals surface area contributed by atoms with E-state index in [0.717, 1.165) is 38.0 Å². The van der Waals surface area contributed by atoms with Crippen LogP contribution in [0.5, 0.6) is 11.5 Å². The van der Waals surface area contributed by atoms with Gasteiger partial charge in [-0.15, -0.1) is 0 Å². The van der Waals surface area contributed by atoms with Crippen LogP contribution in [0.3, 0.4) is 0 Å². The first-order chi connectivity index (χ1) is 15.5. The van der Waals surface area contributed by atoms with Crippen LogP contribution in [0, 0.1) is 0 Å². The number of hydrogen-bond acceptors (Lipinski definition) is 4. The van der Waals surface area contributed by atoms with E-state index in [2.05, 4.69) is 21.2 Å². The van der Waals surface area contributed by atoms with Gasteiger partial charge in [0.05, 0.1) is 37.0 Å². The van der Waals surface area contributed by atoms with Gasteiger partial charge in [0.25, 0.3) is 5.91 Å². The molecule has 1 amide bonds. The van der Waals surface area contributed by atoms with Gasteiger partial charge in [0.2, 0.25) is 0 Å². The van der Waals surface area contributed by atoms with Gasteiger partial charge in [0, 0.05) is 15.4 Å². The van der Waals surface area contributed by atoms with E-state index in [4.69, 9.17) is 14.5 Å². The molecule has 4 rings (SSSR count). The van der Waals surface area contributed by atoms with Crippen molar-refractivity contribution < 1.29 is 14.3 Å². The number of hydrogen-bond donors (Lipinski definition) is 1. The molecule has 0 aliphatic heterocycles. The van der Waals surface area contributed by atoms with E-state index in [1.807, 2.05) is 79.7 Å². The van der Waals surface area contributed by atoms with Crippen LogP contribution in [-0.2, 0) is 0 Å². The van der Waals surface area contributed by atoms with Crippen molar-refractivity contribution in [2.24, 2.45) is 0 Å². The number of nitrogens with zero attached hydrogens (tertiary/aromatic N) is 1.